The van der Waals surface area contributed by atoms with Crippen LogP contribution in [0.25, 0.3) is 11.5 Å². The van der Waals surface area contributed by atoms with E-state index in [2.05, 4.69) is 15.2 Å². The molecule has 1 aliphatic heterocycles. The highest BCUT2D eigenvalue weighted by molar-refractivity contribution is 5.51. The zero-order valence-corrected chi connectivity index (χ0v) is 10.1. The molecule has 1 amide bonds. The van der Waals surface area contributed by atoms with Gasteiger partial charge in [-0.25, -0.2) is 0 Å². The van der Waals surface area contributed by atoms with Gasteiger partial charge in [0.1, 0.15) is 5.69 Å². The first-order valence-corrected chi connectivity index (χ1v) is 5.82. The minimum atomic E-state index is 0.516. The predicted octanol–water partition coefficient (Wildman–Crippen LogP) is 0.621. The van der Waals surface area contributed by atoms with Crippen LogP contribution in [0, 0.1) is 6.92 Å². The van der Waals surface area contributed by atoms with E-state index < -0.39 is 0 Å². The van der Waals surface area contributed by atoms with Crippen molar-refractivity contribution < 1.29 is 4.79 Å². The van der Waals surface area contributed by atoms with Crippen LogP contribution < -0.4 is 0 Å². The highest BCUT2D eigenvalue weighted by Gasteiger charge is 2.21. The van der Waals surface area contributed by atoms with Crippen LogP contribution in [0.15, 0.2) is 18.3 Å². The zero-order chi connectivity index (χ0) is 12.5. The topological polar surface area (TPSA) is 63.9 Å². The van der Waals surface area contributed by atoms with Gasteiger partial charge in [0.25, 0.3) is 0 Å². The SMILES string of the molecule is Cc1ccc(-c2nnc3n2CCN(C=O)C3)nc1. The fourth-order valence-corrected chi connectivity index (χ4v) is 2.06. The highest BCUT2D eigenvalue weighted by Crippen LogP contribution is 2.19. The smallest absolute Gasteiger partial charge is 0.210 e. The second-order valence-corrected chi connectivity index (χ2v) is 4.39. The molecule has 0 aliphatic carbocycles. The van der Waals surface area contributed by atoms with Crippen molar-refractivity contribution in [3.63, 3.8) is 0 Å². The van der Waals surface area contributed by atoms with Crippen molar-refractivity contribution in [2.75, 3.05) is 6.54 Å². The van der Waals surface area contributed by atoms with Gasteiger partial charge in [-0.05, 0) is 18.6 Å². The Bertz CT molecular complexity index is 575. The number of carbonyl (C=O) groups excluding carboxylic acids is 1. The molecule has 0 radical (unpaired) electrons. The third-order valence-corrected chi connectivity index (χ3v) is 3.07. The number of hydrogen-bond donors (Lipinski definition) is 0. The largest absolute Gasteiger partial charge is 0.336 e. The number of carbonyl (C=O) groups is 1. The molecule has 3 rings (SSSR count). The Morgan fingerprint density at radius 3 is 2.89 bits per heavy atom. The van der Waals surface area contributed by atoms with E-state index >= 15 is 0 Å². The van der Waals surface area contributed by atoms with Gasteiger partial charge in [0, 0.05) is 19.3 Å². The molecule has 0 unspecified atom stereocenters. The average Bonchev–Trinajstić information content (AvgIpc) is 2.82. The molecule has 92 valence electrons. The number of fused-ring (bicyclic) bond motifs is 1. The molecule has 0 spiro atoms. The number of hydrogen-bond acceptors (Lipinski definition) is 4. The van der Waals surface area contributed by atoms with Crippen molar-refractivity contribution in [1.29, 1.82) is 0 Å². The van der Waals surface area contributed by atoms with E-state index in [9.17, 15) is 4.79 Å². The van der Waals surface area contributed by atoms with Crippen LogP contribution >= 0.6 is 0 Å². The molecule has 0 bridgehead atoms. The molecule has 0 N–H and O–H groups in total. The van der Waals surface area contributed by atoms with Crippen molar-refractivity contribution in [3.05, 3.63) is 29.7 Å². The van der Waals surface area contributed by atoms with Crippen LogP contribution in [0.3, 0.4) is 0 Å². The van der Waals surface area contributed by atoms with E-state index in [0.717, 1.165) is 29.3 Å². The molecule has 18 heavy (non-hydrogen) atoms. The van der Waals surface area contributed by atoms with Crippen LogP contribution in [0.4, 0.5) is 0 Å². The monoisotopic (exact) mass is 243 g/mol. The molecule has 0 aromatic carbocycles. The first kappa shape index (κ1) is 10.9. The molecule has 0 saturated heterocycles. The van der Waals surface area contributed by atoms with Crippen LogP contribution in [-0.2, 0) is 17.9 Å². The van der Waals surface area contributed by atoms with Gasteiger partial charge in [0.15, 0.2) is 11.6 Å². The summed E-state index contributed by atoms with van der Waals surface area (Å²) >= 11 is 0. The summed E-state index contributed by atoms with van der Waals surface area (Å²) < 4.78 is 2.03. The molecule has 3 heterocycles. The van der Waals surface area contributed by atoms with Crippen molar-refractivity contribution >= 4 is 6.41 Å². The standard InChI is InChI=1S/C12H13N5O/c1-9-2-3-10(13-6-9)12-15-14-11-7-16(8-18)4-5-17(11)12/h2-3,6,8H,4-5,7H2,1H3. The zero-order valence-electron chi connectivity index (χ0n) is 10.1. The predicted molar refractivity (Wildman–Crippen MR) is 64.5 cm³/mol. The number of amides is 1. The van der Waals surface area contributed by atoms with E-state index in [1.807, 2.05) is 29.8 Å². The molecular formula is C12H13N5O. The van der Waals surface area contributed by atoms with E-state index in [0.29, 0.717) is 19.6 Å². The van der Waals surface area contributed by atoms with Crippen molar-refractivity contribution in [1.82, 2.24) is 24.6 Å². The molecule has 2 aromatic heterocycles. The molecule has 6 nitrogen and oxygen atoms in total. The van der Waals surface area contributed by atoms with Crippen LogP contribution in [-0.4, -0.2) is 37.6 Å². The van der Waals surface area contributed by atoms with Crippen LogP contribution in [0.2, 0.25) is 0 Å². The lowest BCUT2D eigenvalue weighted by atomic mass is 10.2. The number of aromatic nitrogens is 4. The van der Waals surface area contributed by atoms with Gasteiger partial charge >= 0.3 is 0 Å². The maximum Gasteiger partial charge on any atom is 0.210 e. The minimum Gasteiger partial charge on any atom is -0.336 e. The van der Waals surface area contributed by atoms with Crippen molar-refractivity contribution in [2.45, 2.75) is 20.0 Å². The summed E-state index contributed by atoms with van der Waals surface area (Å²) in [7, 11) is 0. The molecule has 0 fully saturated rings. The van der Waals surface area contributed by atoms with Crippen molar-refractivity contribution in [3.8, 4) is 11.5 Å². The maximum atomic E-state index is 10.7. The molecule has 0 atom stereocenters. The van der Waals surface area contributed by atoms with Gasteiger partial charge in [0.2, 0.25) is 6.41 Å². The van der Waals surface area contributed by atoms with E-state index in [1.54, 1.807) is 4.90 Å². The molecule has 6 heteroatoms. The number of aryl methyl sites for hydroxylation is 1. The van der Waals surface area contributed by atoms with Gasteiger partial charge in [0.05, 0.1) is 6.54 Å². The van der Waals surface area contributed by atoms with E-state index in [4.69, 9.17) is 0 Å². The van der Waals surface area contributed by atoms with E-state index in [1.165, 1.54) is 0 Å². The Kier molecular flexibility index (Phi) is 2.55. The third kappa shape index (κ3) is 1.75. The number of nitrogens with zero attached hydrogens (tertiary/aromatic N) is 5. The number of rotatable bonds is 2. The fraction of sp³-hybridized carbons (Fsp3) is 0.333. The maximum absolute atomic E-state index is 10.7. The molecule has 1 aliphatic rings. The summed E-state index contributed by atoms with van der Waals surface area (Å²) in [5, 5.41) is 8.30. The third-order valence-electron chi connectivity index (χ3n) is 3.07. The summed E-state index contributed by atoms with van der Waals surface area (Å²) in [4.78, 5) is 16.8. The molecular weight excluding hydrogens is 230 g/mol. The van der Waals surface area contributed by atoms with E-state index in [-0.39, 0.29) is 0 Å². The Morgan fingerprint density at radius 2 is 2.17 bits per heavy atom. The highest BCUT2D eigenvalue weighted by atomic mass is 16.1. The van der Waals surface area contributed by atoms with Gasteiger partial charge in [-0.15, -0.1) is 10.2 Å². The number of pyridine rings is 1. The molecule has 0 saturated carbocycles. The quantitative estimate of drug-likeness (QED) is 0.725. The van der Waals surface area contributed by atoms with Crippen LogP contribution in [0.5, 0.6) is 0 Å². The Morgan fingerprint density at radius 1 is 1.28 bits per heavy atom. The average molecular weight is 243 g/mol. The summed E-state index contributed by atoms with van der Waals surface area (Å²) in [5.41, 5.74) is 1.93. The lowest BCUT2D eigenvalue weighted by Crippen LogP contribution is -2.32. The Labute approximate surface area is 104 Å². The van der Waals surface area contributed by atoms with Gasteiger partial charge in [-0.3, -0.25) is 9.78 Å². The summed E-state index contributed by atoms with van der Waals surface area (Å²) in [6, 6.07) is 3.95. The van der Waals surface area contributed by atoms with Gasteiger partial charge in [-0.2, -0.15) is 0 Å². The Balaban J connectivity index is 1.98. The van der Waals surface area contributed by atoms with Gasteiger partial charge in [-0.1, -0.05) is 6.07 Å². The molecule has 2 aromatic rings. The minimum absolute atomic E-state index is 0.516. The first-order chi connectivity index (χ1) is 8.78. The van der Waals surface area contributed by atoms with Crippen LogP contribution in [0.1, 0.15) is 11.4 Å². The summed E-state index contributed by atoms with van der Waals surface area (Å²) in [6.07, 6.45) is 2.67. The first-order valence-electron chi connectivity index (χ1n) is 5.82. The Hall–Kier alpha value is -2.24. The lowest BCUT2D eigenvalue weighted by Gasteiger charge is -2.23. The summed E-state index contributed by atoms with van der Waals surface area (Å²) in [5.74, 6) is 1.58. The second-order valence-electron chi connectivity index (χ2n) is 4.39. The normalized spacial score (nSPS) is 14.4. The second kappa shape index (κ2) is 4.21. The summed E-state index contributed by atoms with van der Waals surface area (Å²) in [6.45, 7) is 3.92. The van der Waals surface area contributed by atoms with Crippen molar-refractivity contribution in [2.24, 2.45) is 0 Å². The van der Waals surface area contributed by atoms with Gasteiger partial charge < -0.3 is 9.47 Å². The fourth-order valence-electron chi connectivity index (χ4n) is 2.06. The lowest BCUT2D eigenvalue weighted by molar-refractivity contribution is -0.119.